The first-order valence-corrected chi connectivity index (χ1v) is 5.51. The topological polar surface area (TPSA) is 61.8 Å². The summed E-state index contributed by atoms with van der Waals surface area (Å²) in [5.74, 6) is -0.735. The van der Waals surface area contributed by atoms with Crippen LogP contribution in [0.25, 0.3) is 0 Å². The Balaban J connectivity index is 2.06. The van der Waals surface area contributed by atoms with Gasteiger partial charge >= 0.3 is 5.97 Å². The van der Waals surface area contributed by atoms with Gasteiger partial charge in [0.25, 0.3) is 0 Å². The molecule has 0 aliphatic carbocycles. The molecular formula is C10H18N2O3. The third kappa shape index (κ3) is 2.14. The molecule has 0 radical (unpaired) electrons. The van der Waals surface area contributed by atoms with E-state index in [1.54, 1.807) is 0 Å². The number of rotatable bonds is 2. The Hall–Kier alpha value is -0.650. The second-order valence-corrected chi connectivity index (χ2v) is 4.23. The van der Waals surface area contributed by atoms with Crippen LogP contribution in [0.2, 0.25) is 0 Å². The van der Waals surface area contributed by atoms with Gasteiger partial charge in [0.15, 0.2) is 0 Å². The maximum absolute atomic E-state index is 11.1. The number of nitrogens with zero attached hydrogens (tertiary/aromatic N) is 1. The summed E-state index contributed by atoms with van der Waals surface area (Å²) in [6, 6.07) is -0.124. The van der Waals surface area contributed by atoms with E-state index in [1.807, 2.05) is 6.92 Å². The smallest absolute Gasteiger partial charge is 0.322 e. The highest BCUT2D eigenvalue weighted by molar-refractivity contribution is 5.74. The van der Waals surface area contributed by atoms with E-state index in [1.165, 1.54) is 0 Å². The lowest BCUT2D eigenvalue weighted by molar-refractivity contribution is -0.145. The van der Waals surface area contributed by atoms with Crippen LogP contribution in [0.1, 0.15) is 13.3 Å². The highest BCUT2D eigenvalue weighted by Gasteiger charge is 2.38. The highest BCUT2D eigenvalue weighted by Crippen LogP contribution is 2.22. The molecule has 2 N–H and O–H groups in total. The fourth-order valence-electron chi connectivity index (χ4n) is 2.50. The molecule has 3 atom stereocenters. The standard InChI is InChI=1S/C10H18N2O3/c1-7-8(2-5-15-7)12-4-3-11-6-9(12)10(13)14/h7-9,11H,2-6H2,1H3,(H,13,14). The molecule has 3 unspecified atom stereocenters. The average molecular weight is 214 g/mol. The van der Waals surface area contributed by atoms with Gasteiger partial charge < -0.3 is 15.2 Å². The summed E-state index contributed by atoms with van der Waals surface area (Å²) in [7, 11) is 0. The first-order valence-electron chi connectivity index (χ1n) is 5.51. The predicted molar refractivity (Wildman–Crippen MR) is 54.8 cm³/mol. The minimum atomic E-state index is -0.735. The lowest BCUT2D eigenvalue weighted by atomic mass is 10.0. The zero-order chi connectivity index (χ0) is 10.8. The SMILES string of the molecule is CC1OCCC1N1CCNCC1C(=O)O. The molecule has 2 saturated heterocycles. The molecule has 0 spiro atoms. The summed E-state index contributed by atoms with van der Waals surface area (Å²) in [5, 5.41) is 12.3. The summed E-state index contributed by atoms with van der Waals surface area (Å²) in [6.07, 6.45) is 1.11. The summed E-state index contributed by atoms with van der Waals surface area (Å²) in [6.45, 7) is 4.99. The molecule has 5 heteroatoms. The number of ether oxygens (including phenoxy) is 1. The fraction of sp³-hybridized carbons (Fsp3) is 0.900. The Morgan fingerprint density at radius 2 is 2.40 bits per heavy atom. The van der Waals surface area contributed by atoms with Crippen LogP contribution in [0, 0.1) is 0 Å². The van der Waals surface area contributed by atoms with E-state index in [9.17, 15) is 4.79 Å². The van der Waals surface area contributed by atoms with E-state index < -0.39 is 12.0 Å². The van der Waals surface area contributed by atoms with Crippen LogP contribution in [0.5, 0.6) is 0 Å². The normalized spacial score (nSPS) is 38.1. The molecule has 2 aliphatic rings. The maximum atomic E-state index is 11.1. The Morgan fingerprint density at radius 1 is 1.60 bits per heavy atom. The van der Waals surface area contributed by atoms with E-state index >= 15 is 0 Å². The van der Waals surface area contributed by atoms with Gasteiger partial charge in [-0.1, -0.05) is 0 Å². The van der Waals surface area contributed by atoms with Crippen molar-refractivity contribution in [1.82, 2.24) is 10.2 Å². The number of nitrogens with one attached hydrogen (secondary N) is 1. The van der Waals surface area contributed by atoms with Crippen LogP contribution >= 0.6 is 0 Å². The zero-order valence-corrected chi connectivity index (χ0v) is 8.98. The van der Waals surface area contributed by atoms with Gasteiger partial charge in [-0.15, -0.1) is 0 Å². The molecule has 2 aliphatic heterocycles. The molecule has 2 rings (SSSR count). The van der Waals surface area contributed by atoms with Gasteiger partial charge in [0.1, 0.15) is 6.04 Å². The Labute approximate surface area is 89.4 Å². The lowest BCUT2D eigenvalue weighted by Crippen LogP contribution is -2.59. The summed E-state index contributed by atoms with van der Waals surface area (Å²) in [5.41, 5.74) is 0. The Bertz CT molecular complexity index is 247. The molecule has 2 fully saturated rings. The summed E-state index contributed by atoms with van der Waals surface area (Å²) >= 11 is 0. The number of carboxylic acid groups (broad SMARTS) is 1. The van der Waals surface area contributed by atoms with Crippen molar-refractivity contribution in [1.29, 1.82) is 0 Å². The van der Waals surface area contributed by atoms with Gasteiger partial charge in [0, 0.05) is 32.3 Å². The van der Waals surface area contributed by atoms with Crippen molar-refractivity contribution >= 4 is 5.97 Å². The molecule has 2 heterocycles. The third-order valence-electron chi connectivity index (χ3n) is 3.33. The number of hydrogen-bond donors (Lipinski definition) is 2. The summed E-state index contributed by atoms with van der Waals surface area (Å²) in [4.78, 5) is 13.2. The maximum Gasteiger partial charge on any atom is 0.322 e. The average Bonchev–Trinajstić information content (AvgIpc) is 2.64. The molecule has 0 aromatic rings. The van der Waals surface area contributed by atoms with Crippen molar-refractivity contribution in [2.75, 3.05) is 26.2 Å². The van der Waals surface area contributed by atoms with Gasteiger partial charge in [0.05, 0.1) is 6.10 Å². The lowest BCUT2D eigenvalue weighted by Gasteiger charge is -2.38. The summed E-state index contributed by atoms with van der Waals surface area (Å²) < 4.78 is 5.49. The molecule has 86 valence electrons. The largest absolute Gasteiger partial charge is 0.480 e. The predicted octanol–water partition coefficient (Wildman–Crippen LogP) is -0.478. The molecule has 15 heavy (non-hydrogen) atoms. The molecule has 0 aromatic heterocycles. The quantitative estimate of drug-likeness (QED) is 0.650. The van der Waals surface area contributed by atoms with Gasteiger partial charge in [-0.05, 0) is 13.3 Å². The van der Waals surface area contributed by atoms with Crippen molar-refractivity contribution in [2.45, 2.75) is 31.5 Å². The minimum Gasteiger partial charge on any atom is -0.480 e. The number of carboxylic acids is 1. The molecule has 0 amide bonds. The van der Waals surface area contributed by atoms with Gasteiger partial charge in [0.2, 0.25) is 0 Å². The number of aliphatic carboxylic acids is 1. The number of carbonyl (C=O) groups is 1. The van der Waals surface area contributed by atoms with E-state index in [2.05, 4.69) is 10.2 Å². The second-order valence-electron chi connectivity index (χ2n) is 4.23. The third-order valence-corrected chi connectivity index (χ3v) is 3.33. The van der Waals surface area contributed by atoms with Gasteiger partial charge in [-0.25, -0.2) is 0 Å². The van der Waals surface area contributed by atoms with Crippen molar-refractivity contribution in [2.24, 2.45) is 0 Å². The number of hydrogen-bond acceptors (Lipinski definition) is 4. The van der Waals surface area contributed by atoms with E-state index in [0.717, 1.165) is 26.1 Å². The van der Waals surface area contributed by atoms with Crippen molar-refractivity contribution in [3.63, 3.8) is 0 Å². The second kappa shape index (κ2) is 4.47. The van der Waals surface area contributed by atoms with Crippen LogP contribution in [0.3, 0.4) is 0 Å². The van der Waals surface area contributed by atoms with Gasteiger partial charge in [-0.3, -0.25) is 9.69 Å². The molecule has 5 nitrogen and oxygen atoms in total. The van der Waals surface area contributed by atoms with Crippen LogP contribution < -0.4 is 5.32 Å². The highest BCUT2D eigenvalue weighted by atomic mass is 16.5. The van der Waals surface area contributed by atoms with Crippen LogP contribution in [0.15, 0.2) is 0 Å². The molecular weight excluding hydrogens is 196 g/mol. The van der Waals surface area contributed by atoms with E-state index in [0.29, 0.717) is 6.54 Å². The molecule has 0 bridgehead atoms. The van der Waals surface area contributed by atoms with Crippen LogP contribution in [-0.2, 0) is 9.53 Å². The monoisotopic (exact) mass is 214 g/mol. The zero-order valence-electron chi connectivity index (χ0n) is 8.98. The van der Waals surface area contributed by atoms with E-state index in [4.69, 9.17) is 9.84 Å². The first-order chi connectivity index (χ1) is 7.20. The molecule has 0 aromatic carbocycles. The van der Waals surface area contributed by atoms with Crippen LogP contribution in [0.4, 0.5) is 0 Å². The molecule has 0 saturated carbocycles. The van der Waals surface area contributed by atoms with Crippen molar-refractivity contribution in [3.05, 3.63) is 0 Å². The van der Waals surface area contributed by atoms with Crippen molar-refractivity contribution < 1.29 is 14.6 Å². The fourth-order valence-corrected chi connectivity index (χ4v) is 2.50. The first kappa shape index (κ1) is 10.9. The van der Waals surface area contributed by atoms with E-state index in [-0.39, 0.29) is 12.1 Å². The minimum absolute atomic E-state index is 0.157. The van der Waals surface area contributed by atoms with Crippen LogP contribution in [-0.4, -0.2) is 60.4 Å². The Kier molecular flexibility index (Phi) is 3.23. The van der Waals surface area contributed by atoms with Crippen molar-refractivity contribution in [3.8, 4) is 0 Å². The Morgan fingerprint density at radius 3 is 3.00 bits per heavy atom. The van der Waals surface area contributed by atoms with Gasteiger partial charge in [-0.2, -0.15) is 0 Å². The number of piperazine rings is 1.